The summed E-state index contributed by atoms with van der Waals surface area (Å²) >= 11 is 0. The second-order valence-corrected chi connectivity index (χ2v) is 5.80. The highest BCUT2D eigenvalue weighted by molar-refractivity contribution is 5.77. The van der Waals surface area contributed by atoms with Crippen LogP contribution in [0.1, 0.15) is 13.8 Å². The lowest BCUT2D eigenvalue weighted by atomic mass is 10.0. The van der Waals surface area contributed by atoms with Gasteiger partial charge in [-0.15, -0.1) is 0 Å². The lowest BCUT2D eigenvalue weighted by molar-refractivity contribution is -0.122. The van der Waals surface area contributed by atoms with Crippen LogP contribution < -0.4 is 5.32 Å². The summed E-state index contributed by atoms with van der Waals surface area (Å²) in [5, 5.41) is 11.5. The van der Waals surface area contributed by atoms with Crippen molar-refractivity contribution in [3.05, 3.63) is 24.3 Å². The van der Waals surface area contributed by atoms with Crippen LogP contribution in [0.3, 0.4) is 0 Å². The van der Waals surface area contributed by atoms with Gasteiger partial charge < -0.3 is 10.2 Å². The number of hydrogen-bond acceptors (Lipinski definition) is 4. The molecule has 1 heterocycles. The van der Waals surface area contributed by atoms with Gasteiger partial charge in [0.2, 0.25) is 5.91 Å². The molecular weight excluding hydrogens is 266 g/mol. The standard InChI is InChI=1S/C15H23N5O/c1-11(2)14(19(3)4)9-16-15(21)10-20-17-12-7-5-6-8-13(12)18-20/h5-8,11,14H,9-10H2,1-4H3,(H,16,21)/t14-/m0/s1. The van der Waals surface area contributed by atoms with Crippen LogP contribution >= 0.6 is 0 Å². The van der Waals surface area contributed by atoms with Crippen molar-refractivity contribution >= 4 is 16.9 Å². The van der Waals surface area contributed by atoms with Gasteiger partial charge in [-0.1, -0.05) is 26.0 Å². The van der Waals surface area contributed by atoms with Gasteiger partial charge in [0.1, 0.15) is 17.6 Å². The molecule has 0 aliphatic carbocycles. The van der Waals surface area contributed by atoms with Crippen molar-refractivity contribution in [1.82, 2.24) is 25.2 Å². The van der Waals surface area contributed by atoms with Gasteiger partial charge in [0.25, 0.3) is 0 Å². The number of carbonyl (C=O) groups excluding carboxylic acids is 1. The van der Waals surface area contributed by atoms with E-state index in [2.05, 4.69) is 34.3 Å². The Morgan fingerprint density at radius 2 is 1.81 bits per heavy atom. The average Bonchev–Trinajstić information content (AvgIpc) is 2.79. The largest absolute Gasteiger partial charge is 0.353 e. The van der Waals surface area contributed by atoms with Crippen molar-refractivity contribution in [1.29, 1.82) is 0 Å². The second kappa shape index (κ2) is 6.67. The third-order valence-electron chi connectivity index (χ3n) is 3.55. The molecule has 114 valence electrons. The van der Waals surface area contributed by atoms with Gasteiger partial charge >= 0.3 is 0 Å². The molecule has 0 aliphatic heterocycles. The predicted octanol–water partition coefficient (Wildman–Crippen LogP) is 1.13. The van der Waals surface area contributed by atoms with E-state index in [1.165, 1.54) is 4.80 Å². The highest BCUT2D eigenvalue weighted by atomic mass is 16.2. The lowest BCUT2D eigenvalue weighted by Crippen LogP contribution is -2.44. The van der Waals surface area contributed by atoms with Crippen molar-refractivity contribution in [2.75, 3.05) is 20.6 Å². The minimum absolute atomic E-state index is 0.0668. The number of rotatable bonds is 6. The summed E-state index contributed by atoms with van der Waals surface area (Å²) < 4.78 is 0. The van der Waals surface area contributed by atoms with Gasteiger partial charge in [0, 0.05) is 12.6 Å². The van der Waals surface area contributed by atoms with Crippen LogP contribution in [0.25, 0.3) is 11.0 Å². The van der Waals surface area contributed by atoms with E-state index in [1.807, 2.05) is 38.4 Å². The zero-order valence-electron chi connectivity index (χ0n) is 13.1. The minimum Gasteiger partial charge on any atom is -0.353 e. The summed E-state index contributed by atoms with van der Waals surface area (Å²) in [6.07, 6.45) is 0. The summed E-state index contributed by atoms with van der Waals surface area (Å²) in [4.78, 5) is 15.6. The number of benzene rings is 1. The van der Waals surface area contributed by atoms with E-state index in [0.29, 0.717) is 18.5 Å². The van der Waals surface area contributed by atoms with E-state index in [4.69, 9.17) is 0 Å². The van der Waals surface area contributed by atoms with Crippen molar-refractivity contribution in [2.45, 2.75) is 26.4 Å². The number of nitrogens with zero attached hydrogens (tertiary/aromatic N) is 4. The molecule has 2 rings (SSSR count). The second-order valence-electron chi connectivity index (χ2n) is 5.80. The van der Waals surface area contributed by atoms with Gasteiger partial charge in [-0.2, -0.15) is 15.0 Å². The molecule has 1 aromatic carbocycles. The first-order valence-electron chi connectivity index (χ1n) is 7.20. The fourth-order valence-corrected chi connectivity index (χ4v) is 2.39. The van der Waals surface area contributed by atoms with Gasteiger partial charge in [-0.25, -0.2) is 0 Å². The highest BCUT2D eigenvalue weighted by Crippen LogP contribution is 2.07. The first-order valence-corrected chi connectivity index (χ1v) is 7.20. The average molecular weight is 289 g/mol. The molecule has 0 unspecified atom stereocenters. The van der Waals surface area contributed by atoms with Gasteiger partial charge in [0.15, 0.2) is 0 Å². The van der Waals surface area contributed by atoms with Crippen LogP contribution in [0.4, 0.5) is 0 Å². The predicted molar refractivity (Wildman–Crippen MR) is 82.9 cm³/mol. The Kier molecular flexibility index (Phi) is 4.90. The summed E-state index contributed by atoms with van der Waals surface area (Å²) in [5.41, 5.74) is 1.61. The molecule has 1 atom stereocenters. The van der Waals surface area contributed by atoms with E-state index >= 15 is 0 Å². The molecule has 0 saturated carbocycles. The zero-order valence-corrected chi connectivity index (χ0v) is 13.1. The molecule has 0 aliphatic rings. The molecule has 21 heavy (non-hydrogen) atoms. The lowest BCUT2D eigenvalue weighted by Gasteiger charge is -2.28. The van der Waals surface area contributed by atoms with Crippen LogP contribution in [-0.2, 0) is 11.3 Å². The fraction of sp³-hybridized carbons (Fsp3) is 0.533. The van der Waals surface area contributed by atoms with E-state index in [9.17, 15) is 4.79 Å². The zero-order chi connectivity index (χ0) is 15.4. The molecule has 1 amide bonds. The van der Waals surface area contributed by atoms with Crippen LogP contribution in [0.2, 0.25) is 0 Å². The number of nitrogens with one attached hydrogen (secondary N) is 1. The van der Waals surface area contributed by atoms with Crippen molar-refractivity contribution < 1.29 is 4.79 Å². The number of aromatic nitrogens is 3. The molecule has 0 spiro atoms. The Bertz CT molecular complexity index is 564. The quantitative estimate of drug-likeness (QED) is 0.866. The number of hydrogen-bond donors (Lipinski definition) is 1. The monoisotopic (exact) mass is 289 g/mol. The topological polar surface area (TPSA) is 63.1 Å². The Labute approximate surface area is 125 Å². The Hall–Kier alpha value is -1.95. The van der Waals surface area contributed by atoms with Crippen molar-refractivity contribution in [3.63, 3.8) is 0 Å². The molecule has 0 radical (unpaired) electrons. The number of amides is 1. The first kappa shape index (κ1) is 15.4. The van der Waals surface area contributed by atoms with E-state index in [1.54, 1.807) is 0 Å². The number of likely N-dealkylation sites (N-methyl/N-ethyl adjacent to an activating group) is 1. The molecule has 0 bridgehead atoms. The van der Waals surface area contributed by atoms with Crippen LogP contribution in [-0.4, -0.2) is 52.5 Å². The van der Waals surface area contributed by atoms with E-state index in [-0.39, 0.29) is 12.5 Å². The molecular formula is C15H23N5O. The molecule has 2 aromatic rings. The van der Waals surface area contributed by atoms with Crippen LogP contribution in [0.15, 0.2) is 24.3 Å². The Morgan fingerprint density at radius 3 is 2.29 bits per heavy atom. The maximum Gasteiger partial charge on any atom is 0.243 e. The van der Waals surface area contributed by atoms with E-state index in [0.717, 1.165) is 11.0 Å². The van der Waals surface area contributed by atoms with Crippen LogP contribution in [0.5, 0.6) is 0 Å². The summed E-state index contributed by atoms with van der Waals surface area (Å²) in [6.45, 7) is 5.08. The number of carbonyl (C=O) groups is 1. The normalized spacial score (nSPS) is 13.0. The summed E-state index contributed by atoms with van der Waals surface area (Å²) in [5.74, 6) is 0.411. The molecule has 0 fully saturated rings. The molecule has 6 heteroatoms. The maximum absolute atomic E-state index is 12.0. The Morgan fingerprint density at radius 1 is 1.24 bits per heavy atom. The van der Waals surface area contributed by atoms with Gasteiger partial charge in [-0.3, -0.25) is 4.79 Å². The van der Waals surface area contributed by atoms with Crippen molar-refractivity contribution in [2.24, 2.45) is 5.92 Å². The highest BCUT2D eigenvalue weighted by Gasteiger charge is 2.17. The Balaban J connectivity index is 1.92. The van der Waals surface area contributed by atoms with Crippen molar-refractivity contribution in [3.8, 4) is 0 Å². The van der Waals surface area contributed by atoms with E-state index < -0.39 is 0 Å². The summed E-state index contributed by atoms with van der Waals surface area (Å²) in [7, 11) is 4.05. The molecule has 1 aromatic heterocycles. The minimum atomic E-state index is -0.0668. The number of fused-ring (bicyclic) bond motifs is 1. The molecule has 1 N–H and O–H groups in total. The maximum atomic E-state index is 12.0. The molecule has 0 saturated heterocycles. The van der Waals surface area contributed by atoms with Crippen LogP contribution in [0, 0.1) is 5.92 Å². The molecule has 6 nitrogen and oxygen atoms in total. The third-order valence-corrected chi connectivity index (χ3v) is 3.55. The SMILES string of the molecule is CC(C)[C@H](CNC(=O)Cn1nc2ccccc2n1)N(C)C. The third kappa shape index (κ3) is 4.01. The fourth-order valence-electron chi connectivity index (χ4n) is 2.39. The smallest absolute Gasteiger partial charge is 0.243 e. The summed E-state index contributed by atoms with van der Waals surface area (Å²) in [6, 6.07) is 7.91. The van der Waals surface area contributed by atoms with Gasteiger partial charge in [-0.05, 0) is 32.1 Å². The van der Waals surface area contributed by atoms with Gasteiger partial charge in [0.05, 0.1) is 0 Å². The first-order chi connectivity index (χ1) is 9.97.